The number of halogens is 1. The molecule has 1 aromatic carbocycles. The van der Waals surface area contributed by atoms with Crippen LogP contribution in [0.3, 0.4) is 0 Å². The number of aromatic nitrogens is 2. The molecule has 0 saturated carbocycles. The van der Waals surface area contributed by atoms with Crippen molar-refractivity contribution in [2.45, 2.75) is 12.5 Å². The van der Waals surface area contributed by atoms with E-state index in [1.54, 1.807) is 12.3 Å². The molecule has 1 aliphatic heterocycles. The Bertz CT molecular complexity index is 747. The number of carbonyl (C=O) groups excluding carboxylic acids is 1. The highest BCUT2D eigenvalue weighted by molar-refractivity contribution is 5.80. The Labute approximate surface area is 119 Å². The number of rotatable bonds is 1. The van der Waals surface area contributed by atoms with Gasteiger partial charge in [0.2, 0.25) is 0 Å². The van der Waals surface area contributed by atoms with Gasteiger partial charge in [-0.3, -0.25) is 4.57 Å². The molecule has 21 heavy (non-hydrogen) atoms. The number of nitrogens with zero attached hydrogens (tertiary/aromatic N) is 5. The first-order chi connectivity index (χ1) is 10.2. The van der Waals surface area contributed by atoms with Crippen molar-refractivity contribution in [1.82, 2.24) is 14.6 Å². The van der Waals surface area contributed by atoms with Crippen LogP contribution in [-0.4, -0.2) is 26.8 Å². The van der Waals surface area contributed by atoms with Crippen LogP contribution >= 0.6 is 0 Å². The first-order valence-electron chi connectivity index (χ1n) is 6.23. The Morgan fingerprint density at radius 3 is 3.00 bits per heavy atom. The standard InChI is InChI=1S/C14H10FN5O/c15-12-6-10(8-16)5-11(7-12)13-1-2-18-20(13)14(21)19-4-3-17-9-19/h2-7,9,13H,1H2. The first-order valence-corrected chi connectivity index (χ1v) is 6.23. The number of benzene rings is 1. The molecule has 3 rings (SSSR count). The molecule has 2 aromatic rings. The summed E-state index contributed by atoms with van der Waals surface area (Å²) in [4.78, 5) is 16.1. The SMILES string of the molecule is N#Cc1cc(F)cc(C2CC=NN2C(=O)n2ccnc2)c1. The third-order valence-corrected chi connectivity index (χ3v) is 3.19. The van der Waals surface area contributed by atoms with Gasteiger partial charge < -0.3 is 0 Å². The molecule has 104 valence electrons. The lowest BCUT2D eigenvalue weighted by Crippen LogP contribution is -2.30. The Hall–Kier alpha value is -3.01. The molecular weight excluding hydrogens is 273 g/mol. The van der Waals surface area contributed by atoms with Crippen molar-refractivity contribution in [3.05, 3.63) is 53.9 Å². The molecule has 7 heteroatoms. The van der Waals surface area contributed by atoms with Crippen LogP contribution in [0.25, 0.3) is 0 Å². The van der Waals surface area contributed by atoms with Crippen LogP contribution in [-0.2, 0) is 0 Å². The summed E-state index contributed by atoms with van der Waals surface area (Å²) in [5.74, 6) is -0.508. The van der Waals surface area contributed by atoms with E-state index in [9.17, 15) is 9.18 Å². The number of amides is 1. The minimum Gasteiger partial charge on any atom is -0.257 e. The third kappa shape index (κ3) is 2.39. The van der Waals surface area contributed by atoms with E-state index in [0.29, 0.717) is 12.0 Å². The second-order valence-electron chi connectivity index (χ2n) is 4.53. The molecule has 6 nitrogen and oxygen atoms in total. The highest BCUT2D eigenvalue weighted by Crippen LogP contribution is 2.29. The summed E-state index contributed by atoms with van der Waals surface area (Å²) in [6.45, 7) is 0. The average Bonchev–Trinajstić information content (AvgIpc) is 3.17. The highest BCUT2D eigenvalue weighted by Gasteiger charge is 2.29. The predicted octanol–water partition coefficient (Wildman–Crippen LogP) is 2.29. The number of hydrazone groups is 1. The van der Waals surface area contributed by atoms with Gasteiger partial charge in [0.1, 0.15) is 12.1 Å². The normalized spacial score (nSPS) is 17.0. The lowest BCUT2D eigenvalue weighted by molar-refractivity contribution is 0.187. The van der Waals surface area contributed by atoms with E-state index in [1.165, 1.54) is 34.4 Å². The van der Waals surface area contributed by atoms with Crippen molar-refractivity contribution in [2.24, 2.45) is 5.10 Å². The topological polar surface area (TPSA) is 74.3 Å². The van der Waals surface area contributed by atoms with Crippen LogP contribution < -0.4 is 0 Å². The van der Waals surface area contributed by atoms with Crippen molar-refractivity contribution in [1.29, 1.82) is 5.26 Å². The molecule has 0 radical (unpaired) electrons. The Morgan fingerprint density at radius 1 is 1.43 bits per heavy atom. The number of imidazole rings is 1. The van der Waals surface area contributed by atoms with E-state index in [0.717, 1.165) is 6.07 Å². The fourth-order valence-electron chi connectivity index (χ4n) is 2.24. The summed E-state index contributed by atoms with van der Waals surface area (Å²) in [5, 5.41) is 14.2. The van der Waals surface area contributed by atoms with Gasteiger partial charge in [-0.2, -0.15) is 10.4 Å². The molecule has 1 unspecified atom stereocenters. The molecule has 1 atom stereocenters. The van der Waals surface area contributed by atoms with Crippen molar-refractivity contribution in [2.75, 3.05) is 0 Å². The lowest BCUT2D eigenvalue weighted by atomic mass is 10.0. The maximum atomic E-state index is 13.6. The van der Waals surface area contributed by atoms with Crippen LogP contribution in [0, 0.1) is 17.1 Å². The minimum absolute atomic E-state index is 0.215. The molecule has 2 heterocycles. The van der Waals surface area contributed by atoms with E-state index in [-0.39, 0.29) is 11.6 Å². The third-order valence-electron chi connectivity index (χ3n) is 3.19. The van der Waals surface area contributed by atoms with Gasteiger partial charge in [-0.1, -0.05) is 0 Å². The smallest absolute Gasteiger partial charge is 0.257 e. The first kappa shape index (κ1) is 13.0. The molecule has 0 saturated heterocycles. The molecule has 0 bridgehead atoms. The van der Waals surface area contributed by atoms with Crippen molar-refractivity contribution in [3.63, 3.8) is 0 Å². The van der Waals surface area contributed by atoms with Crippen LogP contribution in [0.5, 0.6) is 0 Å². The summed E-state index contributed by atoms with van der Waals surface area (Å²) in [6, 6.07) is 5.13. The summed E-state index contributed by atoms with van der Waals surface area (Å²) in [5.41, 5.74) is 0.754. The molecule has 1 amide bonds. The maximum Gasteiger partial charge on any atom is 0.350 e. The van der Waals surface area contributed by atoms with Crippen molar-refractivity contribution in [3.8, 4) is 6.07 Å². The zero-order valence-electron chi connectivity index (χ0n) is 10.8. The minimum atomic E-state index is -0.508. The van der Waals surface area contributed by atoms with Crippen molar-refractivity contribution >= 4 is 12.2 Å². The molecule has 0 fully saturated rings. The Kier molecular flexibility index (Phi) is 3.20. The highest BCUT2D eigenvalue weighted by atomic mass is 19.1. The van der Waals surface area contributed by atoms with Crippen molar-refractivity contribution < 1.29 is 9.18 Å². The van der Waals surface area contributed by atoms with E-state index >= 15 is 0 Å². The van der Waals surface area contributed by atoms with Gasteiger partial charge in [0, 0.05) is 25.0 Å². The molecule has 1 aliphatic rings. The molecule has 0 aliphatic carbocycles. The Balaban J connectivity index is 1.94. The average molecular weight is 283 g/mol. The van der Waals surface area contributed by atoms with E-state index in [2.05, 4.69) is 10.1 Å². The largest absolute Gasteiger partial charge is 0.350 e. The van der Waals surface area contributed by atoms with Gasteiger partial charge in [-0.05, 0) is 23.8 Å². The molecular formula is C14H10FN5O. The Morgan fingerprint density at radius 2 is 2.29 bits per heavy atom. The second-order valence-corrected chi connectivity index (χ2v) is 4.53. The number of nitriles is 1. The van der Waals surface area contributed by atoms with Crippen LogP contribution in [0.4, 0.5) is 9.18 Å². The fourth-order valence-corrected chi connectivity index (χ4v) is 2.24. The predicted molar refractivity (Wildman–Crippen MR) is 71.8 cm³/mol. The van der Waals surface area contributed by atoms with Gasteiger partial charge in [-0.25, -0.2) is 19.2 Å². The zero-order valence-corrected chi connectivity index (χ0v) is 10.8. The van der Waals surface area contributed by atoms with Gasteiger partial charge >= 0.3 is 6.03 Å². The van der Waals surface area contributed by atoms with Gasteiger partial charge in [0.15, 0.2) is 0 Å². The monoisotopic (exact) mass is 283 g/mol. The second kappa shape index (κ2) is 5.17. The quantitative estimate of drug-likeness (QED) is 0.806. The van der Waals surface area contributed by atoms with E-state index in [1.807, 2.05) is 6.07 Å². The van der Waals surface area contributed by atoms with E-state index < -0.39 is 11.9 Å². The van der Waals surface area contributed by atoms with Gasteiger partial charge in [0.25, 0.3) is 0 Å². The van der Waals surface area contributed by atoms with E-state index in [4.69, 9.17) is 5.26 Å². The number of hydrogen-bond acceptors (Lipinski definition) is 4. The van der Waals surface area contributed by atoms with Crippen LogP contribution in [0.1, 0.15) is 23.6 Å². The summed E-state index contributed by atoms with van der Waals surface area (Å²) in [7, 11) is 0. The summed E-state index contributed by atoms with van der Waals surface area (Å²) in [6.07, 6.45) is 6.44. The summed E-state index contributed by atoms with van der Waals surface area (Å²) >= 11 is 0. The van der Waals surface area contributed by atoms with Crippen LogP contribution in [0.2, 0.25) is 0 Å². The maximum absolute atomic E-state index is 13.6. The number of hydrogen-bond donors (Lipinski definition) is 0. The lowest BCUT2D eigenvalue weighted by Gasteiger charge is -2.22. The zero-order chi connectivity index (χ0) is 14.8. The van der Waals surface area contributed by atoms with Crippen LogP contribution in [0.15, 0.2) is 42.0 Å². The molecule has 0 N–H and O–H groups in total. The fraction of sp³-hybridized carbons (Fsp3) is 0.143. The van der Waals surface area contributed by atoms with Gasteiger partial charge in [0.05, 0.1) is 17.7 Å². The number of carbonyl (C=O) groups is 1. The molecule has 1 aromatic heterocycles. The van der Waals surface area contributed by atoms with Gasteiger partial charge in [-0.15, -0.1) is 0 Å². The molecule has 0 spiro atoms. The summed E-state index contributed by atoms with van der Waals surface area (Å²) < 4.78 is 14.9.